The minimum Gasteiger partial charge on any atom is -0.323 e. The second-order valence-corrected chi connectivity index (χ2v) is 4.65. The third-order valence-electron chi connectivity index (χ3n) is 3.18. The molecule has 0 saturated heterocycles. The van der Waals surface area contributed by atoms with Crippen LogP contribution >= 0.6 is 0 Å². The number of para-hydroxylation sites is 2. The van der Waals surface area contributed by atoms with Gasteiger partial charge in [0.1, 0.15) is 0 Å². The lowest BCUT2D eigenvalue weighted by molar-refractivity contribution is 0.0973. The highest BCUT2D eigenvalue weighted by molar-refractivity contribution is 5.96. The van der Waals surface area contributed by atoms with E-state index in [1.54, 1.807) is 6.33 Å². The average Bonchev–Trinajstić information content (AvgIpc) is 2.82. The quantitative estimate of drug-likeness (QED) is 0.669. The van der Waals surface area contributed by atoms with E-state index in [1.165, 1.54) is 0 Å². The predicted molar refractivity (Wildman–Crippen MR) is 75.2 cm³/mol. The van der Waals surface area contributed by atoms with Crippen molar-refractivity contribution in [3.8, 4) is 0 Å². The first-order valence-electron chi connectivity index (χ1n) is 6.24. The van der Waals surface area contributed by atoms with E-state index in [1.807, 2.05) is 60.0 Å². The zero-order chi connectivity index (χ0) is 13.2. The topological polar surface area (TPSA) is 34.9 Å². The number of imidazole rings is 1. The zero-order valence-corrected chi connectivity index (χ0v) is 10.7. The van der Waals surface area contributed by atoms with Gasteiger partial charge in [0.05, 0.1) is 23.9 Å². The number of hydrogen-bond acceptors (Lipinski definition) is 2. The van der Waals surface area contributed by atoms with Crippen LogP contribution in [0.1, 0.15) is 15.9 Å². The van der Waals surface area contributed by atoms with Crippen molar-refractivity contribution in [1.82, 2.24) is 9.55 Å². The summed E-state index contributed by atoms with van der Waals surface area (Å²) in [6, 6.07) is 15.5. The molecule has 0 unspecified atom stereocenters. The lowest BCUT2D eigenvalue weighted by atomic mass is 10.1. The summed E-state index contributed by atoms with van der Waals surface area (Å²) in [5.74, 6) is 0.104. The summed E-state index contributed by atoms with van der Waals surface area (Å²) in [6.45, 7) is 2.31. The molecule has 0 bridgehead atoms. The fourth-order valence-corrected chi connectivity index (χ4v) is 2.20. The molecule has 3 aromatic rings. The van der Waals surface area contributed by atoms with Crippen molar-refractivity contribution >= 4 is 16.8 Å². The molecule has 0 atom stereocenters. The Hall–Kier alpha value is -2.42. The normalized spacial score (nSPS) is 10.8. The maximum Gasteiger partial charge on any atom is 0.182 e. The molecule has 0 fully saturated rings. The number of benzene rings is 2. The Morgan fingerprint density at radius 1 is 1.16 bits per heavy atom. The summed E-state index contributed by atoms with van der Waals surface area (Å²) in [6.07, 6.45) is 1.72. The van der Waals surface area contributed by atoms with E-state index in [-0.39, 0.29) is 5.78 Å². The highest BCUT2D eigenvalue weighted by atomic mass is 16.1. The number of ketones is 1. The van der Waals surface area contributed by atoms with Gasteiger partial charge in [0.15, 0.2) is 5.78 Å². The number of aromatic nitrogens is 2. The number of carbonyl (C=O) groups excluding carboxylic acids is 1. The van der Waals surface area contributed by atoms with Crippen LogP contribution in [0, 0.1) is 6.92 Å². The maximum atomic E-state index is 12.3. The third-order valence-corrected chi connectivity index (χ3v) is 3.18. The summed E-state index contributed by atoms with van der Waals surface area (Å²) in [5.41, 5.74) is 3.75. The second kappa shape index (κ2) is 4.69. The standard InChI is InChI=1S/C16H14N2O/c1-12-5-4-6-13(9-12)16(19)10-18-11-17-14-7-2-3-8-15(14)18/h2-9,11H,10H2,1H3. The Morgan fingerprint density at radius 3 is 2.84 bits per heavy atom. The molecule has 1 heterocycles. The van der Waals surface area contributed by atoms with Crippen molar-refractivity contribution in [2.24, 2.45) is 0 Å². The third kappa shape index (κ3) is 2.27. The van der Waals surface area contributed by atoms with Crippen LogP contribution in [0.3, 0.4) is 0 Å². The van der Waals surface area contributed by atoms with Gasteiger partial charge in [-0.15, -0.1) is 0 Å². The molecular formula is C16H14N2O. The van der Waals surface area contributed by atoms with Gasteiger partial charge in [-0.25, -0.2) is 4.98 Å². The molecule has 0 saturated carbocycles. The summed E-state index contributed by atoms with van der Waals surface area (Å²) in [7, 11) is 0. The number of carbonyl (C=O) groups is 1. The molecule has 0 spiro atoms. The van der Waals surface area contributed by atoms with E-state index in [0.29, 0.717) is 6.54 Å². The van der Waals surface area contributed by atoms with E-state index in [4.69, 9.17) is 0 Å². The molecule has 0 radical (unpaired) electrons. The van der Waals surface area contributed by atoms with Crippen LogP contribution in [0.25, 0.3) is 11.0 Å². The van der Waals surface area contributed by atoms with Crippen LogP contribution in [-0.2, 0) is 6.54 Å². The van der Waals surface area contributed by atoms with Gasteiger partial charge in [-0.05, 0) is 25.1 Å². The molecule has 3 heteroatoms. The van der Waals surface area contributed by atoms with Crippen LogP contribution in [-0.4, -0.2) is 15.3 Å². The predicted octanol–water partition coefficient (Wildman–Crippen LogP) is 3.23. The smallest absolute Gasteiger partial charge is 0.182 e. The van der Waals surface area contributed by atoms with Crippen molar-refractivity contribution in [2.75, 3.05) is 0 Å². The van der Waals surface area contributed by atoms with E-state index in [0.717, 1.165) is 22.2 Å². The van der Waals surface area contributed by atoms with Crippen LogP contribution in [0.4, 0.5) is 0 Å². The average molecular weight is 250 g/mol. The van der Waals surface area contributed by atoms with Gasteiger partial charge < -0.3 is 4.57 Å². The maximum absolute atomic E-state index is 12.3. The Morgan fingerprint density at radius 2 is 2.00 bits per heavy atom. The SMILES string of the molecule is Cc1cccc(C(=O)Cn2cnc3ccccc32)c1. The van der Waals surface area contributed by atoms with Crippen LogP contribution in [0.15, 0.2) is 54.9 Å². The first kappa shape index (κ1) is 11.7. The molecule has 94 valence electrons. The zero-order valence-electron chi connectivity index (χ0n) is 10.7. The molecule has 0 aliphatic carbocycles. The van der Waals surface area contributed by atoms with Crippen LogP contribution in [0.2, 0.25) is 0 Å². The van der Waals surface area contributed by atoms with Crippen molar-refractivity contribution in [1.29, 1.82) is 0 Å². The van der Waals surface area contributed by atoms with Gasteiger partial charge in [0.25, 0.3) is 0 Å². The number of nitrogens with zero attached hydrogens (tertiary/aromatic N) is 2. The lowest BCUT2D eigenvalue weighted by Crippen LogP contribution is -2.09. The Balaban J connectivity index is 1.91. The summed E-state index contributed by atoms with van der Waals surface area (Å²) < 4.78 is 1.89. The van der Waals surface area contributed by atoms with Crippen LogP contribution < -0.4 is 0 Å². The Bertz CT molecular complexity index is 743. The summed E-state index contributed by atoms with van der Waals surface area (Å²) in [5, 5.41) is 0. The van der Waals surface area contributed by atoms with Crippen molar-refractivity contribution in [3.05, 3.63) is 66.0 Å². The minimum atomic E-state index is 0.104. The number of fused-ring (bicyclic) bond motifs is 1. The van der Waals surface area contributed by atoms with Gasteiger partial charge in [-0.1, -0.05) is 35.9 Å². The van der Waals surface area contributed by atoms with Gasteiger partial charge in [-0.2, -0.15) is 0 Å². The number of hydrogen-bond donors (Lipinski definition) is 0. The van der Waals surface area contributed by atoms with E-state index in [9.17, 15) is 4.79 Å². The highest BCUT2D eigenvalue weighted by Crippen LogP contribution is 2.13. The molecule has 0 N–H and O–H groups in total. The van der Waals surface area contributed by atoms with E-state index >= 15 is 0 Å². The number of Topliss-reactive ketones (excluding diaryl/α,β-unsaturated/α-hetero) is 1. The lowest BCUT2D eigenvalue weighted by Gasteiger charge is -2.04. The molecule has 19 heavy (non-hydrogen) atoms. The molecule has 3 rings (SSSR count). The highest BCUT2D eigenvalue weighted by Gasteiger charge is 2.09. The first-order chi connectivity index (χ1) is 9.24. The minimum absolute atomic E-state index is 0.104. The molecular weight excluding hydrogens is 236 g/mol. The largest absolute Gasteiger partial charge is 0.323 e. The number of aryl methyl sites for hydroxylation is 1. The molecule has 3 nitrogen and oxygen atoms in total. The fourth-order valence-electron chi connectivity index (χ4n) is 2.20. The van der Waals surface area contributed by atoms with Crippen molar-refractivity contribution < 1.29 is 4.79 Å². The van der Waals surface area contributed by atoms with Crippen molar-refractivity contribution in [2.45, 2.75) is 13.5 Å². The summed E-state index contributed by atoms with van der Waals surface area (Å²) >= 11 is 0. The molecule has 0 aliphatic rings. The molecule has 0 aliphatic heterocycles. The van der Waals surface area contributed by atoms with Gasteiger partial charge in [0.2, 0.25) is 0 Å². The van der Waals surface area contributed by atoms with Crippen LogP contribution in [0.5, 0.6) is 0 Å². The molecule has 0 amide bonds. The van der Waals surface area contributed by atoms with Gasteiger partial charge in [-0.3, -0.25) is 4.79 Å². The fraction of sp³-hybridized carbons (Fsp3) is 0.125. The molecule has 2 aromatic carbocycles. The second-order valence-electron chi connectivity index (χ2n) is 4.65. The van der Waals surface area contributed by atoms with E-state index in [2.05, 4.69) is 4.98 Å². The van der Waals surface area contributed by atoms with Gasteiger partial charge >= 0.3 is 0 Å². The van der Waals surface area contributed by atoms with Gasteiger partial charge in [0, 0.05) is 5.56 Å². The number of rotatable bonds is 3. The summed E-state index contributed by atoms with van der Waals surface area (Å²) in [4.78, 5) is 16.6. The monoisotopic (exact) mass is 250 g/mol. The van der Waals surface area contributed by atoms with E-state index < -0.39 is 0 Å². The Labute approximate surface area is 111 Å². The Kier molecular flexibility index (Phi) is 2.88. The molecule has 1 aromatic heterocycles. The first-order valence-corrected chi connectivity index (χ1v) is 6.24. The van der Waals surface area contributed by atoms with Crippen molar-refractivity contribution in [3.63, 3.8) is 0 Å².